The Morgan fingerprint density at radius 1 is 0.661 bits per heavy atom. The van der Waals surface area contributed by atoms with Gasteiger partial charge in [0, 0.05) is 55.7 Å². The Labute approximate surface area is 344 Å². The Morgan fingerprint density at radius 2 is 1.25 bits per heavy atom. The van der Waals surface area contributed by atoms with Crippen LogP contribution in [0.3, 0.4) is 0 Å². The fraction of sp³-hybridized carbons (Fsp3) is 0.271. The van der Waals surface area contributed by atoms with Crippen molar-refractivity contribution >= 4 is 41.3 Å². The molecule has 0 radical (unpaired) electrons. The molecule has 0 bridgehead atoms. The van der Waals surface area contributed by atoms with Crippen molar-refractivity contribution in [3.05, 3.63) is 172 Å². The second-order valence-corrected chi connectivity index (χ2v) is 16.0. The summed E-state index contributed by atoms with van der Waals surface area (Å²) in [7, 11) is -1.04. The van der Waals surface area contributed by atoms with Gasteiger partial charge < -0.3 is 35.6 Å². The molecular weight excluding hydrogens is 737 g/mol. The Bertz CT molecular complexity index is 2510. The Balaban J connectivity index is 0.921. The summed E-state index contributed by atoms with van der Waals surface area (Å²) in [5.74, 6) is 0.0588. The van der Waals surface area contributed by atoms with Crippen LogP contribution in [-0.2, 0) is 32.8 Å². The molecule has 59 heavy (non-hydrogen) atoms. The van der Waals surface area contributed by atoms with E-state index < -0.39 is 18.7 Å². The van der Waals surface area contributed by atoms with E-state index >= 15 is 0 Å². The van der Waals surface area contributed by atoms with Gasteiger partial charge in [-0.15, -0.1) is 0 Å². The molecule has 0 aliphatic carbocycles. The molecule has 1 atom stereocenters. The number of hydrogen-bond donors (Lipinski definition) is 3. The van der Waals surface area contributed by atoms with E-state index in [2.05, 4.69) is 41.4 Å². The van der Waals surface area contributed by atoms with Gasteiger partial charge in [0.2, 0.25) is 5.60 Å². The summed E-state index contributed by atoms with van der Waals surface area (Å²) in [5.41, 5.74) is 18.4. The van der Waals surface area contributed by atoms with Crippen molar-refractivity contribution in [3.8, 4) is 0 Å². The SMILES string of the molecule is NCc1cccc(C2CCN(C(=O)c3cccc([C@@]4(c5ccccc5)OB(c5ccc6cc(C(=O)N7CCC(c8cccc(CN)c8)CC7)[nH]c6c5)OC4=O)c3)CC2)c1. The lowest BCUT2D eigenvalue weighted by Gasteiger charge is -2.33. The van der Waals surface area contributed by atoms with Gasteiger partial charge in [0.25, 0.3) is 11.8 Å². The Kier molecular flexibility index (Phi) is 10.7. The molecule has 3 aliphatic rings. The fourth-order valence-electron chi connectivity index (χ4n) is 9.17. The summed E-state index contributed by atoms with van der Waals surface area (Å²) in [6, 6.07) is 40.8. The van der Waals surface area contributed by atoms with Crippen LogP contribution in [0.25, 0.3) is 10.9 Å². The van der Waals surface area contributed by atoms with Gasteiger partial charge in [-0.2, -0.15) is 0 Å². The molecule has 5 N–H and O–H groups in total. The summed E-state index contributed by atoms with van der Waals surface area (Å²) in [6.45, 7) is 3.61. The molecule has 3 fully saturated rings. The van der Waals surface area contributed by atoms with Crippen molar-refractivity contribution in [3.63, 3.8) is 0 Å². The minimum absolute atomic E-state index is 0.0420. The second kappa shape index (κ2) is 16.3. The number of piperidine rings is 2. The third kappa shape index (κ3) is 7.46. The molecule has 5 aromatic carbocycles. The normalized spacial score (nSPS) is 19.0. The number of H-pyrrole nitrogens is 1. The molecule has 0 spiro atoms. The zero-order valence-electron chi connectivity index (χ0n) is 33.0. The van der Waals surface area contributed by atoms with Crippen LogP contribution in [0.5, 0.6) is 0 Å². The fourth-order valence-corrected chi connectivity index (χ4v) is 9.17. The number of fused-ring (bicyclic) bond motifs is 1. The minimum atomic E-state index is -1.62. The molecule has 3 saturated heterocycles. The number of likely N-dealkylation sites (tertiary alicyclic amines) is 2. The molecule has 2 amide bonds. The summed E-state index contributed by atoms with van der Waals surface area (Å²) in [6.07, 6.45) is 3.49. The van der Waals surface area contributed by atoms with Gasteiger partial charge in [0.05, 0.1) is 0 Å². The van der Waals surface area contributed by atoms with Crippen LogP contribution in [0.4, 0.5) is 0 Å². The smallest absolute Gasteiger partial charge is 0.503 e. The van der Waals surface area contributed by atoms with Gasteiger partial charge >= 0.3 is 13.1 Å². The molecule has 0 unspecified atom stereocenters. The highest BCUT2D eigenvalue weighted by atomic mass is 16.7. The number of hydrogen-bond acceptors (Lipinski definition) is 7. The van der Waals surface area contributed by atoms with Crippen LogP contribution >= 0.6 is 0 Å². The Morgan fingerprint density at radius 3 is 1.88 bits per heavy atom. The van der Waals surface area contributed by atoms with Gasteiger partial charge in [0.1, 0.15) is 5.69 Å². The molecule has 6 aromatic rings. The minimum Gasteiger partial charge on any atom is -0.503 e. The van der Waals surface area contributed by atoms with E-state index in [1.807, 2.05) is 82.6 Å². The van der Waals surface area contributed by atoms with Crippen molar-refractivity contribution in [2.75, 3.05) is 26.2 Å². The first-order valence-corrected chi connectivity index (χ1v) is 20.7. The number of carbonyl (C=O) groups excluding carboxylic acids is 3. The number of nitrogens with one attached hydrogen (secondary N) is 1. The summed E-state index contributed by atoms with van der Waals surface area (Å²) >= 11 is 0. The van der Waals surface area contributed by atoms with E-state index in [1.165, 1.54) is 11.1 Å². The van der Waals surface area contributed by atoms with Crippen molar-refractivity contribution < 1.29 is 23.7 Å². The lowest BCUT2D eigenvalue weighted by atomic mass is 9.78. The van der Waals surface area contributed by atoms with Crippen LogP contribution in [0.2, 0.25) is 0 Å². The van der Waals surface area contributed by atoms with Gasteiger partial charge in [-0.05, 0) is 101 Å². The second-order valence-electron chi connectivity index (χ2n) is 16.0. The van der Waals surface area contributed by atoms with Crippen molar-refractivity contribution in [1.29, 1.82) is 0 Å². The van der Waals surface area contributed by atoms with Crippen molar-refractivity contribution in [1.82, 2.24) is 14.8 Å². The highest BCUT2D eigenvalue weighted by molar-refractivity contribution is 6.65. The third-order valence-corrected chi connectivity index (χ3v) is 12.5. The first-order valence-electron chi connectivity index (χ1n) is 20.7. The van der Waals surface area contributed by atoms with E-state index in [0.29, 0.717) is 79.0 Å². The van der Waals surface area contributed by atoms with Crippen LogP contribution < -0.4 is 16.9 Å². The third-order valence-electron chi connectivity index (χ3n) is 12.5. The van der Waals surface area contributed by atoms with Gasteiger partial charge in [-0.3, -0.25) is 9.59 Å². The highest BCUT2D eigenvalue weighted by Gasteiger charge is 2.56. The summed E-state index contributed by atoms with van der Waals surface area (Å²) in [4.78, 5) is 49.1. The lowest BCUT2D eigenvalue weighted by molar-refractivity contribution is -0.141. The Hall–Kier alpha value is -6.01. The van der Waals surface area contributed by atoms with E-state index in [1.54, 1.807) is 18.2 Å². The average Bonchev–Trinajstić information content (AvgIpc) is 3.90. The zero-order valence-corrected chi connectivity index (χ0v) is 33.0. The summed E-state index contributed by atoms with van der Waals surface area (Å²) < 4.78 is 12.8. The summed E-state index contributed by atoms with van der Waals surface area (Å²) in [5, 5.41) is 0.864. The number of benzene rings is 5. The largest absolute Gasteiger partial charge is 0.566 e. The number of rotatable bonds is 9. The number of aromatic amines is 1. The van der Waals surface area contributed by atoms with Crippen molar-refractivity contribution in [2.45, 2.75) is 56.2 Å². The number of nitrogens with zero attached hydrogens (tertiary/aromatic N) is 2. The number of aromatic nitrogens is 1. The number of amides is 2. The molecule has 4 heterocycles. The molecule has 11 heteroatoms. The van der Waals surface area contributed by atoms with Crippen LogP contribution in [0.15, 0.2) is 127 Å². The molecule has 10 nitrogen and oxygen atoms in total. The molecule has 298 valence electrons. The van der Waals surface area contributed by atoms with Crippen LogP contribution in [-0.4, -0.2) is 65.9 Å². The zero-order chi connectivity index (χ0) is 40.5. The number of carbonyl (C=O) groups is 3. The lowest BCUT2D eigenvalue weighted by Crippen LogP contribution is -2.39. The molecular formula is C48H48BN5O5. The van der Waals surface area contributed by atoms with Gasteiger partial charge in [-0.25, -0.2) is 4.79 Å². The highest BCUT2D eigenvalue weighted by Crippen LogP contribution is 2.41. The molecule has 0 saturated carbocycles. The standard InChI is InChI=1S/C48H48BN5O5/c50-30-32-7-4-9-36(25-32)34-17-21-53(22-18-34)45(55)39-11-6-14-41(27-39)48(40-12-2-1-3-13-40)47(57)58-49(59-48)42-16-15-38-28-44(52-43(38)29-42)46(56)54-23-19-35(20-24-54)37-10-5-8-33(26-37)31-51/h1-16,25-29,34-35,52H,17-24,30-31,50-51H2/t48-/m1/s1. The predicted octanol–water partition coefficient (Wildman–Crippen LogP) is 6.34. The maximum absolute atomic E-state index is 14.2. The van der Waals surface area contributed by atoms with Gasteiger partial charge in [0.15, 0.2) is 0 Å². The molecule has 1 aromatic heterocycles. The van der Waals surface area contributed by atoms with Crippen LogP contribution in [0, 0.1) is 0 Å². The number of nitrogens with two attached hydrogens (primary N) is 2. The monoisotopic (exact) mass is 785 g/mol. The topological polar surface area (TPSA) is 144 Å². The van der Waals surface area contributed by atoms with Crippen LogP contribution in [0.1, 0.15) is 91.7 Å². The first-order chi connectivity index (χ1) is 28.8. The average molecular weight is 786 g/mol. The molecule has 3 aliphatic heterocycles. The molecule has 9 rings (SSSR count). The maximum Gasteiger partial charge on any atom is 0.566 e. The van der Waals surface area contributed by atoms with E-state index in [-0.39, 0.29) is 11.8 Å². The van der Waals surface area contributed by atoms with E-state index in [4.69, 9.17) is 20.8 Å². The maximum atomic E-state index is 14.2. The first kappa shape index (κ1) is 38.5. The van der Waals surface area contributed by atoms with E-state index in [9.17, 15) is 14.4 Å². The quantitative estimate of drug-likeness (QED) is 0.145. The predicted molar refractivity (Wildman–Crippen MR) is 229 cm³/mol. The van der Waals surface area contributed by atoms with E-state index in [0.717, 1.165) is 47.7 Å². The van der Waals surface area contributed by atoms with Gasteiger partial charge in [-0.1, -0.05) is 103 Å². The van der Waals surface area contributed by atoms with Crippen molar-refractivity contribution in [2.24, 2.45) is 11.5 Å².